The predicted molar refractivity (Wildman–Crippen MR) is 113 cm³/mol. The monoisotopic (exact) mass is 465 g/mol. The fraction of sp³-hybridized carbons (Fsp3) is 0.611. The van der Waals surface area contributed by atoms with Gasteiger partial charge in [0.25, 0.3) is 0 Å². The van der Waals surface area contributed by atoms with Gasteiger partial charge < -0.3 is 15.0 Å². The van der Waals surface area contributed by atoms with Gasteiger partial charge in [0, 0.05) is 38.3 Å². The highest BCUT2D eigenvalue weighted by molar-refractivity contribution is 14.0. The Morgan fingerprint density at radius 1 is 1.33 bits per heavy atom. The molecule has 0 bridgehead atoms. The number of nitrogens with zero attached hydrogens (tertiary/aromatic N) is 2. The minimum Gasteiger partial charge on any atom is -0.378 e. The standard InChI is InChI=1S/C18H28ClN3O.HI/c1-3-23-16-10-13-22(14-11-16)18(20-2)21-12-6-8-15-7-4-5-9-17(15)19;/h4-5,7,9,16H,3,6,8,10-14H2,1-2H3,(H,20,21);1H. The van der Waals surface area contributed by atoms with Crippen molar-refractivity contribution in [3.05, 3.63) is 34.9 Å². The number of nitrogens with one attached hydrogen (secondary N) is 1. The van der Waals surface area contributed by atoms with Crippen molar-refractivity contribution < 1.29 is 4.74 Å². The Bertz CT molecular complexity index is 505. The lowest BCUT2D eigenvalue weighted by Crippen LogP contribution is -2.47. The second-order valence-electron chi connectivity index (χ2n) is 5.81. The Kier molecular flexibility index (Phi) is 10.7. The number of halogens is 2. The molecule has 1 aliphatic rings. The third-order valence-corrected chi connectivity index (χ3v) is 4.59. The van der Waals surface area contributed by atoms with Crippen LogP contribution in [0.5, 0.6) is 0 Å². The van der Waals surface area contributed by atoms with Crippen LogP contribution < -0.4 is 5.32 Å². The average Bonchev–Trinajstić information content (AvgIpc) is 2.58. The van der Waals surface area contributed by atoms with Gasteiger partial charge >= 0.3 is 0 Å². The number of benzene rings is 1. The number of guanidine groups is 1. The molecule has 6 heteroatoms. The normalized spacial score (nSPS) is 16.0. The molecule has 0 spiro atoms. The van der Waals surface area contributed by atoms with Gasteiger partial charge in [-0.1, -0.05) is 29.8 Å². The maximum Gasteiger partial charge on any atom is 0.193 e. The molecular formula is C18H29ClIN3O. The van der Waals surface area contributed by atoms with Gasteiger partial charge in [0.15, 0.2) is 5.96 Å². The van der Waals surface area contributed by atoms with Crippen molar-refractivity contribution in [3.63, 3.8) is 0 Å². The molecule has 0 saturated carbocycles. The summed E-state index contributed by atoms with van der Waals surface area (Å²) in [6.07, 6.45) is 4.59. The highest BCUT2D eigenvalue weighted by atomic mass is 127. The molecule has 1 N–H and O–H groups in total. The van der Waals surface area contributed by atoms with Gasteiger partial charge in [0.1, 0.15) is 0 Å². The molecule has 2 rings (SSSR count). The molecule has 0 amide bonds. The minimum absolute atomic E-state index is 0. The van der Waals surface area contributed by atoms with Crippen LogP contribution in [0.25, 0.3) is 0 Å². The van der Waals surface area contributed by atoms with Crippen LogP contribution in [0.1, 0.15) is 31.7 Å². The molecule has 0 atom stereocenters. The minimum atomic E-state index is 0. The second kappa shape index (κ2) is 11.9. The molecular weight excluding hydrogens is 437 g/mol. The van der Waals surface area contributed by atoms with Gasteiger partial charge in [0.2, 0.25) is 0 Å². The van der Waals surface area contributed by atoms with E-state index < -0.39 is 0 Å². The highest BCUT2D eigenvalue weighted by Gasteiger charge is 2.21. The molecule has 1 aromatic carbocycles. The lowest BCUT2D eigenvalue weighted by atomic mass is 10.1. The fourth-order valence-corrected chi connectivity index (χ4v) is 3.21. The summed E-state index contributed by atoms with van der Waals surface area (Å²) in [5.74, 6) is 0.999. The second-order valence-corrected chi connectivity index (χ2v) is 6.22. The molecule has 0 aliphatic carbocycles. The van der Waals surface area contributed by atoms with E-state index in [1.54, 1.807) is 0 Å². The zero-order chi connectivity index (χ0) is 16.5. The first kappa shape index (κ1) is 21.5. The summed E-state index contributed by atoms with van der Waals surface area (Å²) >= 11 is 6.19. The van der Waals surface area contributed by atoms with Crippen LogP contribution in [0.3, 0.4) is 0 Å². The predicted octanol–water partition coefficient (Wildman–Crippen LogP) is 3.97. The third-order valence-electron chi connectivity index (χ3n) is 4.22. The van der Waals surface area contributed by atoms with Gasteiger partial charge in [-0.3, -0.25) is 4.99 Å². The quantitative estimate of drug-likeness (QED) is 0.299. The van der Waals surface area contributed by atoms with Crippen LogP contribution in [0.2, 0.25) is 5.02 Å². The summed E-state index contributed by atoms with van der Waals surface area (Å²) in [6.45, 7) is 5.79. The van der Waals surface area contributed by atoms with Crippen LogP contribution in [0.4, 0.5) is 0 Å². The summed E-state index contributed by atoms with van der Waals surface area (Å²) in [7, 11) is 1.85. The molecule has 24 heavy (non-hydrogen) atoms. The lowest BCUT2D eigenvalue weighted by molar-refractivity contribution is 0.0264. The molecule has 1 aromatic rings. The summed E-state index contributed by atoms with van der Waals surface area (Å²) in [5, 5.41) is 4.32. The Morgan fingerprint density at radius 3 is 2.67 bits per heavy atom. The van der Waals surface area contributed by atoms with E-state index in [-0.39, 0.29) is 24.0 Å². The van der Waals surface area contributed by atoms with Gasteiger partial charge in [-0.15, -0.1) is 24.0 Å². The van der Waals surface area contributed by atoms with E-state index >= 15 is 0 Å². The van der Waals surface area contributed by atoms with Crippen molar-refractivity contribution in [1.29, 1.82) is 0 Å². The Morgan fingerprint density at radius 2 is 2.04 bits per heavy atom. The first-order valence-electron chi connectivity index (χ1n) is 8.55. The molecule has 1 heterocycles. The average molecular weight is 466 g/mol. The largest absolute Gasteiger partial charge is 0.378 e. The van der Waals surface area contributed by atoms with E-state index in [1.165, 1.54) is 5.56 Å². The number of hydrogen-bond acceptors (Lipinski definition) is 2. The van der Waals surface area contributed by atoms with Crippen molar-refractivity contribution in [2.75, 3.05) is 33.3 Å². The van der Waals surface area contributed by atoms with Crippen LogP contribution in [-0.4, -0.2) is 50.3 Å². The van der Waals surface area contributed by atoms with Crippen molar-refractivity contribution in [3.8, 4) is 0 Å². The number of aryl methyl sites for hydroxylation is 1. The Labute approximate surface area is 168 Å². The Balaban J connectivity index is 0.00000288. The van der Waals surface area contributed by atoms with E-state index in [0.717, 1.165) is 62.9 Å². The van der Waals surface area contributed by atoms with E-state index in [1.807, 2.05) is 25.2 Å². The van der Waals surface area contributed by atoms with Crippen molar-refractivity contribution in [2.24, 2.45) is 4.99 Å². The lowest BCUT2D eigenvalue weighted by Gasteiger charge is -2.34. The molecule has 1 saturated heterocycles. The summed E-state index contributed by atoms with van der Waals surface area (Å²) < 4.78 is 5.70. The number of hydrogen-bond donors (Lipinski definition) is 1. The molecule has 0 aromatic heterocycles. The molecule has 0 unspecified atom stereocenters. The summed E-state index contributed by atoms with van der Waals surface area (Å²) in [4.78, 5) is 6.73. The van der Waals surface area contributed by atoms with Crippen LogP contribution in [0, 0.1) is 0 Å². The number of aliphatic imine (C=N–C) groups is 1. The molecule has 1 aliphatic heterocycles. The Hall–Kier alpha value is -0.530. The van der Waals surface area contributed by atoms with E-state index in [9.17, 15) is 0 Å². The van der Waals surface area contributed by atoms with Crippen LogP contribution in [-0.2, 0) is 11.2 Å². The molecule has 1 fully saturated rings. The maximum absolute atomic E-state index is 6.19. The zero-order valence-corrected chi connectivity index (χ0v) is 17.7. The number of rotatable bonds is 6. The number of piperidine rings is 1. The third kappa shape index (κ3) is 6.76. The summed E-state index contributed by atoms with van der Waals surface area (Å²) in [5.41, 5.74) is 1.21. The number of likely N-dealkylation sites (tertiary alicyclic amines) is 1. The van der Waals surface area contributed by atoms with Crippen molar-refractivity contribution >= 4 is 41.5 Å². The topological polar surface area (TPSA) is 36.9 Å². The fourth-order valence-electron chi connectivity index (χ4n) is 2.98. The number of ether oxygens (including phenoxy) is 1. The maximum atomic E-state index is 6.19. The first-order valence-corrected chi connectivity index (χ1v) is 8.93. The molecule has 136 valence electrons. The molecule has 4 nitrogen and oxygen atoms in total. The summed E-state index contributed by atoms with van der Waals surface area (Å²) in [6, 6.07) is 8.05. The van der Waals surface area contributed by atoms with Crippen molar-refractivity contribution in [1.82, 2.24) is 10.2 Å². The van der Waals surface area contributed by atoms with Gasteiger partial charge in [-0.2, -0.15) is 0 Å². The molecule has 0 radical (unpaired) electrons. The van der Waals surface area contributed by atoms with Crippen LogP contribution in [0.15, 0.2) is 29.3 Å². The van der Waals surface area contributed by atoms with E-state index in [2.05, 4.69) is 28.2 Å². The van der Waals surface area contributed by atoms with E-state index in [0.29, 0.717) is 6.10 Å². The van der Waals surface area contributed by atoms with Gasteiger partial charge in [-0.05, 0) is 44.2 Å². The zero-order valence-electron chi connectivity index (χ0n) is 14.6. The van der Waals surface area contributed by atoms with Crippen molar-refractivity contribution in [2.45, 2.75) is 38.7 Å². The first-order chi connectivity index (χ1) is 11.2. The van der Waals surface area contributed by atoms with Gasteiger partial charge in [-0.25, -0.2) is 0 Å². The van der Waals surface area contributed by atoms with Gasteiger partial charge in [0.05, 0.1) is 6.10 Å². The van der Waals surface area contributed by atoms with E-state index in [4.69, 9.17) is 16.3 Å². The highest BCUT2D eigenvalue weighted by Crippen LogP contribution is 2.16. The smallest absolute Gasteiger partial charge is 0.193 e. The van der Waals surface area contributed by atoms with Crippen LogP contribution >= 0.6 is 35.6 Å². The SMILES string of the molecule is CCOC1CCN(C(=NC)NCCCc2ccccc2Cl)CC1.I.